The number of nitrogens with zero attached hydrogens (tertiary/aromatic N) is 1. The average molecular weight is 148 g/mol. The third-order valence-corrected chi connectivity index (χ3v) is 1.48. The lowest BCUT2D eigenvalue weighted by atomic mass is 10.3. The van der Waals surface area contributed by atoms with Gasteiger partial charge < -0.3 is 4.48 Å². The first-order chi connectivity index (χ1) is 3.92. The molecule has 0 amide bonds. The van der Waals surface area contributed by atoms with Gasteiger partial charge in [0, 0.05) is 11.7 Å². The van der Waals surface area contributed by atoms with E-state index in [1.165, 1.54) is 13.0 Å². The summed E-state index contributed by atoms with van der Waals surface area (Å²) in [6.45, 7) is 3.35. The second-order valence-electron chi connectivity index (χ2n) is 3.65. The fraction of sp³-hybridized carbons (Fsp3) is 1.00. The Labute approximate surface area is 64.1 Å². The van der Waals surface area contributed by atoms with Crippen LogP contribution in [0.1, 0.15) is 13.3 Å². The van der Waals surface area contributed by atoms with Gasteiger partial charge in [-0.1, -0.05) is 6.92 Å². The highest BCUT2D eigenvalue weighted by Gasteiger charge is 2.07. The highest BCUT2D eigenvalue weighted by atomic mass is 32.1. The first-order valence-corrected chi connectivity index (χ1v) is 3.92. The van der Waals surface area contributed by atoms with E-state index in [9.17, 15) is 0 Å². The molecule has 0 fully saturated rings. The van der Waals surface area contributed by atoms with Gasteiger partial charge in [-0.15, -0.1) is 0 Å². The van der Waals surface area contributed by atoms with E-state index < -0.39 is 0 Å². The summed E-state index contributed by atoms with van der Waals surface area (Å²) in [6, 6.07) is 0. The number of hydrogen-bond acceptors (Lipinski definition) is 1. The molecule has 0 aliphatic carbocycles. The van der Waals surface area contributed by atoms with E-state index in [0.29, 0.717) is 5.25 Å². The molecule has 9 heavy (non-hydrogen) atoms. The molecule has 1 nitrogen and oxygen atoms in total. The van der Waals surface area contributed by atoms with Crippen molar-refractivity contribution in [1.29, 1.82) is 0 Å². The Kier molecular flexibility index (Phi) is 3.59. The molecule has 0 saturated heterocycles. The molecule has 0 aromatic rings. The third-order valence-electron chi connectivity index (χ3n) is 1.22. The lowest BCUT2D eigenvalue weighted by Gasteiger charge is -2.24. The fourth-order valence-corrected chi connectivity index (χ4v) is 0.690. The second kappa shape index (κ2) is 3.47. The molecule has 2 heteroatoms. The van der Waals surface area contributed by atoms with Gasteiger partial charge in [-0.2, -0.15) is 12.6 Å². The van der Waals surface area contributed by atoms with Gasteiger partial charge in [-0.25, -0.2) is 0 Å². The number of hydrogen-bond donors (Lipinski definition) is 1. The first-order valence-electron chi connectivity index (χ1n) is 3.40. The molecule has 0 aliphatic rings. The van der Waals surface area contributed by atoms with Crippen molar-refractivity contribution in [2.45, 2.75) is 18.6 Å². The van der Waals surface area contributed by atoms with Crippen LogP contribution in [0.3, 0.4) is 0 Å². The van der Waals surface area contributed by atoms with E-state index in [-0.39, 0.29) is 0 Å². The van der Waals surface area contributed by atoms with Crippen molar-refractivity contribution in [2.75, 3.05) is 27.7 Å². The van der Waals surface area contributed by atoms with Crippen LogP contribution in [0.15, 0.2) is 0 Å². The molecular weight excluding hydrogens is 130 g/mol. The lowest BCUT2D eigenvalue weighted by Crippen LogP contribution is -2.36. The molecule has 1 atom stereocenters. The van der Waals surface area contributed by atoms with Crippen LogP contribution in [0, 0.1) is 0 Å². The Morgan fingerprint density at radius 3 is 1.89 bits per heavy atom. The summed E-state index contributed by atoms with van der Waals surface area (Å²) in [6.07, 6.45) is 1.20. The molecule has 0 radical (unpaired) electrons. The summed E-state index contributed by atoms with van der Waals surface area (Å²) in [5, 5.41) is 0.544. The molecule has 0 bridgehead atoms. The van der Waals surface area contributed by atoms with Crippen molar-refractivity contribution < 1.29 is 4.48 Å². The Bertz CT molecular complexity index is 73.5. The molecule has 0 rings (SSSR count). The summed E-state index contributed by atoms with van der Waals surface area (Å²) in [7, 11) is 6.61. The lowest BCUT2D eigenvalue weighted by molar-refractivity contribution is -0.870. The zero-order valence-electron chi connectivity index (χ0n) is 6.89. The minimum Gasteiger partial charge on any atom is -0.331 e. The Balaban J connectivity index is 3.28. The van der Waals surface area contributed by atoms with Gasteiger partial charge in [0.25, 0.3) is 0 Å². The van der Waals surface area contributed by atoms with E-state index in [0.717, 1.165) is 4.48 Å². The van der Waals surface area contributed by atoms with Crippen molar-refractivity contribution in [3.63, 3.8) is 0 Å². The zero-order valence-corrected chi connectivity index (χ0v) is 7.78. The smallest absolute Gasteiger partial charge is 0.0790 e. The number of rotatable bonds is 3. The maximum Gasteiger partial charge on any atom is 0.0790 e. The SMILES string of the molecule is CC(S)CC[N+](C)(C)C. The molecule has 0 aromatic carbocycles. The van der Waals surface area contributed by atoms with E-state index in [4.69, 9.17) is 0 Å². The van der Waals surface area contributed by atoms with Gasteiger partial charge in [0.2, 0.25) is 0 Å². The first kappa shape index (κ1) is 9.31. The minimum atomic E-state index is 0.544. The van der Waals surface area contributed by atoms with Crippen LogP contribution in [-0.2, 0) is 0 Å². The number of quaternary nitrogens is 1. The summed E-state index contributed by atoms with van der Waals surface area (Å²) >= 11 is 4.30. The predicted molar refractivity (Wildman–Crippen MR) is 46.0 cm³/mol. The number of thiol groups is 1. The zero-order chi connectivity index (χ0) is 7.49. The largest absolute Gasteiger partial charge is 0.331 e. The summed E-state index contributed by atoms with van der Waals surface area (Å²) in [5.41, 5.74) is 0. The van der Waals surface area contributed by atoms with E-state index in [1.807, 2.05) is 0 Å². The highest BCUT2D eigenvalue weighted by molar-refractivity contribution is 7.80. The standard InChI is InChI=1S/C7H17NS/c1-7(9)5-6-8(2,3)4/h7H,5-6H2,1-4H3/p+1. The fourth-order valence-electron chi connectivity index (χ4n) is 0.574. The molecule has 56 valence electrons. The van der Waals surface area contributed by atoms with E-state index >= 15 is 0 Å². The van der Waals surface area contributed by atoms with Gasteiger partial charge in [-0.3, -0.25) is 0 Å². The normalized spacial score (nSPS) is 15.7. The van der Waals surface area contributed by atoms with Gasteiger partial charge in [0.15, 0.2) is 0 Å². The van der Waals surface area contributed by atoms with Gasteiger partial charge in [0.05, 0.1) is 27.7 Å². The maximum absolute atomic E-state index is 4.30. The van der Waals surface area contributed by atoms with E-state index in [2.05, 4.69) is 40.7 Å². The molecule has 0 aliphatic heterocycles. The van der Waals surface area contributed by atoms with Crippen molar-refractivity contribution in [3.05, 3.63) is 0 Å². The van der Waals surface area contributed by atoms with Gasteiger partial charge >= 0.3 is 0 Å². The van der Waals surface area contributed by atoms with Gasteiger partial charge in [0.1, 0.15) is 0 Å². The van der Waals surface area contributed by atoms with Crippen LogP contribution in [0.5, 0.6) is 0 Å². The average Bonchev–Trinajstić information content (AvgIpc) is 1.59. The summed E-state index contributed by atoms with van der Waals surface area (Å²) in [4.78, 5) is 0. The van der Waals surface area contributed by atoms with Crippen molar-refractivity contribution in [3.8, 4) is 0 Å². The highest BCUT2D eigenvalue weighted by Crippen LogP contribution is 2.02. The van der Waals surface area contributed by atoms with Crippen LogP contribution in [-0.4, -0.2) is 37.4 Å². The summed E-state index contributed by atoms with van der Waals surface area (Å²) < 4.78 is 1.05. The van der Waals surface area contributed by atoms with Crippen molar-refractivity contribution in [2.24, 2.45) is 0 Å². The third kappa shape index (κ3) is 8.31. The van der Waals surface area contributed by atoms with E-state index in [1.54, 1.807) is 0 Å². The molecule has 0 saturated carbocycles. The molecule has 0 spiro atoms. The monoisotopic (exact) mass is 148 g/mol. The molecule has 0 aromatic heterocycles. The van der Waals surface area contributed by atoms with Crippen LogP contribution in [0.4, 0.5) is 0 Å². The van der Waals surface area contributed by atoms with Crippen LogP contribution >= 0.6 is 12.6 Å². The minimum absolute atomic E-state index is 0.544. The quantitative estimate of drug-likeness (QED) is 0.454. The Hall–Kier alpha value is 0.310. The summed E-state index contributed by atoms with van der Waals surface area (Å²) in [5.74, 6) is 0. The maximum atomic E-state index is 4.30. The Morgan fingerprint density at radius 1 is 1.33 bits per heavy atom. The molecular formula is C7H18NS+. The van der Waals surface area contributed by atoms with Crippen molar-refractivity contribution >= 4 is 12.6 Å². The van der Waals surface area contributed by atoms with Crippen molar-refractivity contribution in [1.82, 2.24) is 0 Å². The van der Waals surface area contributed by atoms with Crippen LogP contribution < -0.4 is 0 Å². The van der Waals surface area contributed by atoms with Crippen LogP contribution in [0.2, 0.25) is 0 Å². The Morgan fingerprint density at radius 2 is 1.78 bits per heavy atom. The molecule has 1 unspecified atom stereocenters. The topological polar surface area (TPSA) is 0 Å². The van der Waals surface area contributed by atoms with Crippen LogP contribution in [0.25, 0.3) is 0 Å². The molecule has 0 N–H and O–H groups in total. The second-order valence-corrected chi connectivity index (χ2v) is 4.53. The predicted octanol–water partition coefficient (Wildman–Crippen LogP) is 1.40. The molecule has 0 heterocycles. The van der Waals surface area contributed by atoms with Gasteiger partial charge in [-0.05, 0) is 0 Å².